The van der Waals surface area contributed by atoms with Crippen LogP contribution in [0.4, 0.5) is 8.78 Å². The average Bonchev–Trinajstić information content (AvgIpc) is 2.59. The van der Waals surface area contributed by atoms with Crippen molar-refractivity contribution in [2.24, 2.45) is 17.6 Å². The van der Waals surface area contributed by atoms with Gasteiger partial charge in [0.1, 0.15) is 0 Å². The third-order valence-electron chi connectivity index (χ3n) is 5.27. The minimum atomic E-state index is -1.16. The molecule has 0 heterocycles. The number of rotatable bonds is 10. The van der Waals surface area contributed by atoms with Crippen molar-refractivity contribution < 1.29 is 18.3 Å². The average molecular weight is 372 g/mol. The summed E-state index contributed by atoms with van der Waals surface area (Å²) >= 11 is 0. The molecule has 1 rings (SSSR count). The van der Waals surface area contributed by atoms with Crippen molar-refractivity contribution in [1.29, 1.82) is 0 Å². The van der Waals surface area contributed by atoms with Gasteiger partial charge in [0, 0.05) is 11.5 Å². The quantitative estimate of drug-likeness (QED) is 0.294. The summed E-state index contributed by atoms with van der Waals surface area (Å²) in [5, 5.41) is 0. The maximum atomic E-state index is 14.3. The van der Waals surface area contributed by atoms with Gasteiger partial charge in [-0.3, -0.25) is 0 Å². The van der Waals surface area contributed by atoms with Gasteiger partial charge in [-0.1, -0.05) is 52.2 Å². The Morgan fingerprint density at radius 3 is 2.23 bits per heavy atom. The number of hydrogen-bond acceptors (Lipinski definition) is 3. The molecule has 0 aromatic rings. The van der Waals surface area contributed by atoms with Gasteiger partial charge in [0.05, 0.1) is 6.61 Å². The summed E-state index contributed by atoms with van der Waals surface area (Å²) in [6, 6.07) is 0. The van der Waals surface area contributed by atoms with E-state index < -0.39 is 35.2 Å². The van der Waals surface area contributed by atoms with E-state index in [4.69, 9.17) is 15.2 Å². The lowest BCUT2D eigenvalue weighted by Gasteiger charge is -2.28. The van der Waals surface area contributed by atoms with Gasteiger partial charge in [-0.2, -0.15) is 4.39 Å². The Morgan fingerprint density at radius 1 is 1.12 bits per heavy atom. The topological polar surface area (TPSA) is 44.5 Å². The molecule has 0 aromatic carbocycles. The fourth-order valence-electron chi connectivity index (χ4n) is 3.07. The third-order valence-corrected chi connectivity index (χ3v) is 5.27. The zero-order valence-corrected chi connectivity index (χ0v) is 16.7. The molecule has 2 N–H and O–H groups in total. The smallest absolute Gasteiger partial charge is 0.200 e. The lowest BCUT2D eigenvalue weighted by atomic mass is 9.84. The first-order valence-electron chi connectivity index (χ1n) is 9.54. The van der Waals surface area contributed by atoms with E-state index in [0.717, 1.165) is 6.42 Å². The van der Waals surface area contributed by atoms with E-state index in [1.54, 1.807) is 27.7 Å². The first-order chi connectivity index (χ1) is 12.0. The van der Waals surface area contributed by atoms with Crippen molar-refractivity contribution in [3.8, 4) is 0 Å². The number of halogens is 2. The van der Waals surface area contributed by atoms with Crippen LogP contribution >= 0.6 is 0 Å². The van der Waals surface area contributed by atoms with Crippen LogP contribution < -0.4 is 5.73 Å². The van der Waals surface area contributed by atoms with Gasteiger partial charge in [0.25, 0.3) is 0 Å². The van der Waals surface area contributed by atoms with Crippen LogP contribution in [0.3, 0.4) is 0 Å². The van der Waals surface area contributed by atoms with Crippen LogP contribution in [-0.4, -0.2) is 18.4 Å². The van der Waals surface area contributed by atoms with Crippen molar-refractivity contribution in [1.82, 2.24) is 0 Å². The van der Waals surface area contributed by atoms with Gasteiger partial charge in [0.15, 0.2) is 23.7 Å². The molecule has 1 saturated carbocycles. The lowest BCUT2D eigenvalue weighted by molar-refractivity contribution is -0.106. The Morgan fingerprint density at radius 2 is 1.69 bits per heavy atom. The molecule has 0 bridgehead atoms. The molecular formula is C21H35F2NO2. The van der Waals surface area contributed by atoms with Gasteiger partial charge >= 0.3 is 0 Å². The first-order valence-corrected chi connectivity index (χ1v) is 9.54. The van der Waals surface area contributed by atoms with Crippen LogP contribution in [0, 0.1) is 11.8 Å². The van der Waals surface area contributed by atoms with E-state index in [-0.39, 0.29) is 5.57 Å². The highest BCUT2D eigenvalue weighted by molar-refractivity contribution is 5.34. The van der Waals surface area contributed by atoms with E-state index >= 15 is 0 Å². The Hall–Kier alpha value is -1.20. The summed E-state index contributed by atoms with van der Waals surface area (Å²) in [6.45, 7) is 14.5. The first kappa shape index (κ1) is 22.8. The summed E-state index contributed by atoms with van der Waals surface area (Å²) in [5.74, 6) is -2.37. The summed E-state index contributed by atoms with van der Waals surface area (Å²) < 4.78 is 39.5. The highest BCUT2D eigenvalue weighted by Gasteiger charge is 2.28. The van der Waals surface area contributed by atoms with Crippen LogP contribution in [0.1, 0.15) is 66.2 Å². The molecule has 0 spiro atoms. The number of allylic oxidation sites excluding steroid dienone is 2. The molecule has 5 heteroatoms. The molecule has 3 nitrogen and oxygen atoms in total. The van der Waals surface area contributed by atoms with Gasteiger partial charge in [-0.25, -0.2) is 4.39 Å². The second kappa shape index (κ2) is 10.2. The van der Waals surface area contributed by atoms with Crippen molar-refractivity contribution >= 4 is 0 Å². The van der Waals surface area contributed by atoms with Crippen molar-refractivity contribution in [3.05, 3.63) is 36.1 Å². The van der Waals surface area contributed by atoms with Crippen LogP contribution in [0.5, 0.6) is 0 Å². The summed E-state index contributed by atoms with van der Waals surface area (Å²) in [6.07, 6.45) is 6.64. The largest absolute Gasteiger partial charge is 0.463 e. The van der Waals surface area contributed by atoms with E-state index in [1.807, 2.05) is 0 Å². The zero-order valence-electron chi connectivity index (χ0n) is 16.7. The molecule has 1 fully saturated rings. The minimum Gasteiger partial charge on any atom is -0.463 e. The number of ether oxygens (including phenoxy) is 2. The molecule has 0 aromatic heterocycles. The van der Waals surface area contributed by atoms with Crippen LogP contribution in [0.25, 0.3) is 0 Å². The standard InChI is InChI=1S/C21H35F2NO2/c1-14(15(2)21(5,6)24)19(22)20(23)16(3)26-17(4)25-13-12-18-10-8-7-9-11-18/h15,17-18H,1,3,7-13,24H2,2,4-6H3. The van der Waals surface area contributed by atoms with Crippen LogP contribution in [-0.2, 0) is 9.47 Å². The van der Waals surface area contributed by atoms with Crippen molar-refractivity contribution in [2.75, 3.05) is 6.61 Å². The molecule has 26 heavy (non-hydrogen) atoms. The fourth-order valence-corrected chi connectivity index (χ4v) is 3.07. The highest BCUT2D eigenvalue weighted by atomic mass is 19.2. The van der Waals surface area contributed by atoms with E-state index in [1.165, 1.54) is 32.1 Å². The highest BCUT2D eigenvalue weighted by Crippen LogP contribution is 2.32. The third kappa shape index (κ3) is 7.20. The second-order valence-electron chi connectivity index (χ2n) is 7.97. The van der Waals surface area contributed by atoms with E-state index in [0.29, 0.717) is 12.5 Å². The molecule has 0 saturated heterocycles. The van der Waals surface area contributed by atoms with Gasteiger partial charge in [0.2, 0.25) is 0 Å². The molecule has 0 amide bonds. The lowest BCUT2D eigenvalue weighted by Crippen LogP contribution is -2.40. The molecule has 150 valence electrons. The predicted octanol–water partition coefficient (Wildman–Crippen LogP) is 5.93. The Bertz CT molecular complexity index is 517. The number of nitrogens with two attached hydrogens (primary N) is 1. The van der Waals surface area contributed by atoms with E-state index in [9.17, 15) is 8.78 Å². The van der Waals surface area contributed by atoms with Crippen molar-refractivity contribution in [3.63, 3.8) is 0 Å². The molecule has 0 radical (unpaired) electrons. The molecule has 2 atom stereocenters. The van der Waals surface area contributed by atoms with Gasteiger partial charge in [-0.15, -0.1) is 0 Å². The number of hydrogen-bond donors (Lipinski definition) is 1. The summed E-state index contributed by atoms with van der Waals surface area (Å²) in [4.78, 5) is 0. The molecule has 0 aliphatic heterocycles. The fraction of sp³-hybridized carbons (Fsp3) is 0.714. The monoisotopic (exact) mass is 371 g/mol. The second-order valence-corrected chi connectivity index (χ2v) is 7.97. The van der Waals surface area contributed by atoms with Crippen LogP contribution in [0.2, 0.25) is 0 Å². The minimum absolute atomic E-state index is 0.00869. The Balaban J connectivity index is 2.49. The maximum Gasteiger partial charge on any atom is 0.200 e. The zero-order chi connectivity index (χ0) is 19.9. The summed E-state index contributed by atoms with van der Waals surface area (Å²) in [7, 11) is 0. The maximum absolute atomic E-state index is 14.3. The van der Waals surface area contributed by atoms with Crippen LogP contribution in [0.15, 0.2) is 36.1 Å². The normalized spacial score (nSPS) is 19.5. The molecule has 2 unspecified atom stereocenters. The molecular weight excluding hydrogens is 336 g/mol. The predicted molar refractivity (Wildman–Crippen MR) is 103 cm³/mol. The molecule has 1 aliphatic rings. The summed E-state index contributed by atoms with van der Waals surface area (Å²) in [5.41, 5.74) is 5.22. The SMILES string of the molecule is C=C(OC(C)OCCC1CCCCC1)C(F)=C(F)C(=C)C(C)C(C)(C)N. The van der Waals surface area contributed by atoms with E-state index in [2.05, 4.69) is 13.2 Å². The van der Waals surface area contributed by atoms with Gasteiger partial charge < -0.3 is 15.2 Å². The Labute approximate surface area is 157 Å². The van der Waals surface area contributed by atoms with Gasteiger partial charge in [-0.05, 0) is 38.7 Å². The molecule has 1 aliphatic carbocycles. The Kier molecular flexibility index (Phi) is 8.97. The van der Waals surface area contributed by atoms with Crippen molar-refractivity contribution in [2.45, 2.75) is 78.0 Å².